The molecule has 0 saturated carbocycles. The second kappa shape index (κ2) is 5.28. The van der Waals surface area contributed by atoms with Crippen molar-refractivity contribution in [3.8, 4) is 0 Å². The Balaban J connectivity index is 0. The van der Waals surface area contributed by atoms with Crippen molar-refractivity contribution in [2.45, 2.75) is 6.92 Å². The summed E-state index contributed by atoms with van der Waals surface area (Å²) < 4.78 is 0. The first kappa shape index (κ1) is 11.0. The molecule has 0 heterocycles. The van der Waals surface area contributed by atoms with Crippen molar-refractivity contribution >= 4 is 0 Å². The van der Waals surface area contributed by atoms with Crippen LogP contribution in [0.3, 0.4) is 0 Å². The summed E-state index contributed by atoms with van der Waals surface area (Å²) in [5, 5.41) is 0. The number of hydrogen-bond donors (Lipinski definition) is 2. The third-order valence-corrected chi connectivity index (χ3v) is 0.940. The molecule has 1 rings (SSSR count). The minimum Gasteiger partial charge on any atom is -0.344 e. The smallest absolute Gasteiger partial charge is 0.0398 e. The van der Waals surface area contributed by atoms with Crippen LogP contribution in [-0.2, 0) is 0 Å². The molecular formula is C7H14N2. The second-order valence-corrected chi connectivity index (χ2v) is 1.65. The van der Waals surface area contributed by atoms with E-state index in [0.717, 1.165) is 0 Å². The maximum absolute atomic E-state index is 2.08. The van der Waals surface area contributed by atoms with Crippen LogP contribution in [-0.4, -0.2) is 0 Å². The summed E-state index contributed by atoms with van der Waals surface area (Å²) in [6.07, 6.45) is 0. The maximum atomic E-state index is 2.08. The first-order valence-corrected chi connectivity index (χ1v) is 2.41. The van der Waals surface area contributed by atoms with Gasteiger partial charge < -0.3 is 12.3 Å². The highest BCUT2D eigenvalue weighted by atomic mass is 14.0. The molecule has 1 aromatic carbocycles. The molecule has 0 saturated heterocycles. The summed E-state index contributed by atoms with van der Waals surface area (Å²) >= 11 is 0. The third kappa shape index (κ3) is 3.70. The standard InChI is InChI=1S/C7H8.2H3N/c1-7-5-3-2-4-6-7;;/h2-6H,1H3;2*1H3. The number of aryl methyl sites for hydroxylation is 1. The van der Waals surface area contributed by atoms with Crippen LogP contribution in [0.2, 0.25) is 0 Å². The normalized spacial score (nSPS) is 6.78. The lowest BCUT2D eigenvalue weighted by atomic mass is 10.2. The van der Waals surface area contributed by atoms with E-state index in [1.807, 2.05) is 18.2 Å². The largest absolute Gasteiger partial charge is 0.344 e. The highest BCUT2D eigenvalue weighted by Gasteiger charge is 1.72. The summed E-state index contributed by atoms with van der Waals surface area (Å²) in [5.41, 5.74) is 1.32. The van der Waals surface area contributed by atoms with Gasteiger partial charge in [-0.15, -0.1) is 0 Å². The highest BCUT2D eigenvalue weighted by Crippen LogP contribution is 1.92. The van der Waals surface area contributed by atoms with Crippen LogP contribution in [0.15, 0.2) is 30.3 Å². The van der Waals surface area contributed by atoms with E-state index in [4.69, 9.17) is 0 Å². The molecule has 2 heteroatoms. The van der Waals surface area contributed by atoms with Gasteiger partial charge in [-0.1, -0.05) is 35.9 Å². The van der Waals surface area contributed by atoms with Gasteiger partial charge in [-0.05, 0) is 6.92 Å². The molecule has 1 aromatic rings. The van der Waals surface area contributed by atoms with E-state index in [0.29, 0.717) is 0 Å². The summed E-state index contributed by atoms with van der Waals surface area (Å²) in [6.45, 7) is 2.08. The van der Waals surface area contributed by atoms with Crippen LogP contribution >= 0.6 is 0 Å². The lowest BCUT2D eigenvalue weighted by molar-refractivity contribution is 1.48. The lowest BCUT2D eigenvalue weighted by Crippen LogP contribution is -1.62. The third-order valence-electron chi connectivity index (χ3n) is 0.940. The molecule has 0 aliphatic rings. The van der Waals surface area contributed by atoms with Crippen LogP contribution in [0.5, 0.6) is 0 Å². The average molecular weight is 126 g/mol. The SMILES string of the molecule is Cc1ccccc1.N.N. The van der Waals surface area contributed by atoms with E-state index in [2.05, 4.69) is 19.1 Å². The van der Waals surface area contributed by atoms with E-state index in [9.17, 15) is 0 Å². The molecule has 0 spiro atoms. The van der Waals surface area contributed by atoms with Gasteiger partial charge in [0.15, 0.2) is 0 Å². The Labute approximate surface area is 56.1 Å². The van der Waals surface area contributed by atoms with E-state index in [1.54, 1.807) is 0 Å². The van der Waals surface area contributed by atoms with E-state index in [1.165, 1.54) is 5.56 Å². The van der Waals surface area contributed by atoms with Gasteiger partial charge in [0.05, 0.1) is 0 Å². The van der Waals surface area contributed by atoms with Gasteiger partial charge in [0.25, 0.3) is 0 Å². The first-order chi connectivity index (χ1) is 3.39. The molecule has 52 valence electrons. The molecule has 0 aliphatic heterocycles. The second-order valence-electron chi connectivity index (χ2n) is 1.65. The Morgan fingerprint density at radius 3 is 1.56 bits per heavy atom. The highest BCUT2D eigenvalue weighted by molar-refractivity contribution is 5.11. The lowest BCUT2D eigenvalue weighted by Gasteiger charge is -1.82. The molecule has 0 aliphatic carbocycles. The Morgan fingerprint density at radius 1 is 0.889 bits per heavy atom. The Bertz CT molecular complexity index is 137. The minimum atomic E-state index is 0. The van der Waals surface area contributed by atoms with Crippen molar-refractivity contribution in [3.63, 3.8) is 0 Å². The van der Waals surface area contributed by atoms with E-state index >= 15 is 0 Å². The molecule has 0 unspecified atom stereocenters. The van der Waals surface area contributed by atoms with Crippen molar-refractivity contribution in [3.05, 3.63) is 35.9 Å². The van der Waals surface area contributed by atoms with Gasteiger partial charge in [-0.25, -0.2) is 0 Å². The van der Waals surface area contributed by atoms with Crippen LogP contribution in [0.25, 0.3) is 0 Å². The molecule has 6 N–H and O–H groups in total. The van der Waals surface area contributed by atoms with Crippen LogP contribution < -0.4 is 12.3 Å². The zero-order valence-corrected chi connectivity index (χ0v) is 5.80. The van der Waals surface area contributed by atoms with Crippen molar-refractivity contribution in [1.82, 2.24) is 12.3 Å². The molecule has 9 heavy (non-hydrogen) atoms. The average Bonchev–Trinajstić information content (AvgIpc) is 1.69. The summed E-state index contributed by atoms with van der Waals surface area (Å²) in [4.78, 5) is 0. The first-order valence-electron chi connectivity index (χ1n) is 2.41. The van der Waals surface area contributed by atoms with Gasteiger partial charge in [-0.3, -0.25) is 0 Å². The van der Waals surface area contributed by atoms with Crippen molar-refractivity contribution in [1.29, 1.82) is 0 Å². The van der Waals surface area contributed by atoms with Crippen molar-refractivity contribution in [2.75, 3.05) is 0 Å². The predicted molar refractivity (Wildman–Crippen MR) is 41.2 cm³/mol. The van der Waals surface area contributed by atoms with Crippen molar-refractivity contribution < 1.29 is 0 Å². The molecule has 0 amide bonds. The van der Waals surface area contributed by atoms with E-state index in [-0.39, 0.29) is 12.3 Å². The quantitative estimate of drug-likeness (QED) is 0.560. The number of rotatable bonds is 0. The Morgan fingerprint density at radius 2 is 1.33 bits per heavy atom. The minimum absolute atomic E-state index is 0. The van der Waals surface area contributed by atoms with Gasteiger partial charge in [0.2, 0.25) is 0 Å². The molecular weight excluding hydrogens is 112 g/mol. The number of hydrogen-bond acceptors (Lipinski definition) is 2. The van der Waals surface area contributed by atoms with Gasteiger partial charge in [-0.2, -0.15) is 0 Å². The number of benzene rings is 1. The zero-order chi connectivity index (χ0) is 5.11. The fourth-order valence-electron chi connectivity index (χ4n) is 0.534. The summed E-state index contributed by atoms with van der Waals surface area (Å²) in [7, 11) is 0. The molecule has 0 fully saturated rings. The summed E-state index contributed by atoms with van der Waals surface area (Å²) in [5.74, 6) is 0. The molecule has 0 radical (unpaired) electrons. The molecule has 0 atom stereocenters. The van der Waals surface area contributed by atoms with Gasteiger partial charge >= 0.3 is 0 Å². The fourth-order valence-corrected chi connectivity index (χ4v) is 0.534. The Hall–Kier alpha value is -0.860. The zero-order valence-electron chi connectivity index (χ0n) is 5.80. The van der Waals surface area contributed by atoms with Crippen LogP contribution in [0, 0.1) is 6.92 Å². The van der Waals surface area contributed by atoms with Crippen LogP contribution in [0.4, 0.5) is 0 Å². The van der Waals surface area contributed by atoms with E-state index < -0.39 is 0 Å². The molecule has 2 nitrogen and oxygen atoms in total. The van der Waals surface area contributed by atoms with Crippen LogP contribution in [0.1, 0.15) is 5.56 Å². The van der Waals surface area contributed by atoms with Crippen molar-refractivity contribution in [2.24, 2.45) is 0 Å². The van der Waals surface area contributed by atoms with Gasteiger partial charge in [0, 0.05) is 0 Å². The Kier molecular flexibility index (Phi) is 6.46. The topological polar surface area (TPSA) is 70.0 Å². The maximum Gasteiger partial charge on any atom is -0.0398 e. The molecule has 0 bridgehead atoms. The predicted octanol–water partition coefficient (Wildman–Crippen LogP) is 2.32. The fraction of sp³-hybridized carbons (Fsp3) is 0.143. The monoisotopic (exact) mass is 126 g/mol. The summed E-state index contributed by atoms with van der Waals surface area (Å²) in [6, 6.07) is 10.3. The molecule has 0 aromatic heterocycles. The van der Waals surface area contributed by atoms with Gasteiger partial charge in [0.1, 0.15) is 0 Å².